The molecule has 6 nitrogen and oxygen atoms in total. The number of aromatic nitrogens is 2. The van der Waals surface area contributed by atoms with E-state index >= 15 is 0 Å². The Hall–Kier alpha value is -3.03. The fourth-order valence-electron chi connectivity index (χ4n) is 3.73. The Morgan fingerprint density at radius 3 is 2.67 bits per heavy atom. The number of carbonyl (C=O) groups is 1. The molecule has 0 spiro atoms. The number of amides is 1. The van der Waals surface area contributed by atoms with Crippen LogP contribution in [0.1, 0.15) is 23.0 Å². The van der Waals surface area contributed by atoms with Crippen molar-refractivity contribution in [2.24, 2.45) is 0 Å². The lowest BCUT2D eigenvalue weighted by atomic mass is 10.0. The first-order chi connectivity index (χ1) is 14.6. The third-order valence-corrected chi connectivity index (χ3v) is 5.32. The zero-order chi connectivity index (χ0) is 20.9. The number of anilines is 1. The number of halogens is 1. The first-order valence-electron chi connectivity index (χ1n) is 10.0. The Morgan fingerprint density at radius 2 is 1.97 bits per heavy atom. The molecule has 1 amide bonds. The molecule has 4 rings (SSSR count). The molecule has 0 bridgehead atoms. The second-order valence-corrected chi connectivity index (χ2v) is 7.39. The average molecular weight is 408 g/mol. The fourth-order valence-corrected chi connectivity index (χ4v) is 3.73. The average Bonchev–Trinajstić information content (AvgIpc) is 3.15. The third-order valence-electron chi connectivity index (χ3n) is 5.32. The highest BCUT2D eigenvalue weighted by Gasteiger charge is 2.29. The topological polar surface area (TPSA) is 59.4 Å². The molecule has 1 aliphatic rings. The van der Waals surface area contributed by atoms with Crippen LogP contribution in [0.2, 0.25) is 0 Å². The molecule has 0 saturated carbocycles. The summed E-state index contributed by atoms with van der Waals surface area (Å²) in [6.07, 6.45) is 3.71. The van der Waals surface area contributed by atoms with E-state index < -0.39 is 6.04 Å². The molecule has 1 aromatic heterocycles. The maximum Gasteiger partial charge on any atom is 0.246 e. The Bertz CT molecular complexity index is 996. The van der Waals surface area contributed by atoms with Crippen LogP contribution in [-0.2, 0) is 16.1 Å². The summed E-state index contributed by atoms with van der Waals surface area (Å²) in [5, 5.41) is 3.05. The molecule has 1 fully saturated rings. The molecule has 7 heteroatoms. The van der Waals surface area contributed by atoms with Gasteiger partial charge in [0.25, 0.3) is 0 Å². The van der Waals surface area contributed by atoms with Gasteiger partial charge in [-0.1, -0.05) is 24.3 Å². The van der Waals surface area contributed by atoms with Gasteiger partial charge < -0.3 is 14.6 Å². The minimum Gasteiger partial charge on any atom is -0.379 e. The first kappa shape index (κ1) is 20.3. The van der Waals surface area contributed by atoms with Crippen molar-refractivity contribution < 1.29 is 13.9 Å². The van der Waals surface area contributed by atoms with Gasteiger partial charge in [-0.15, -0.1) is 0 Å². The van der Waals surface area contributed by atoms with Crippen molar-refractivity contribution in [3.8, 4) is 0 Å². The predicted molar refractivity (Wildman–Crippen MR) is 113 cm³/mol. The third kappa shape index (κ3) is 4.75. The van der Waals surface area contributed by atoms with E-state index in [2.05, 4.69) is 19.8 Å². The SMILES string of the molecule is Cc1nccn1Cc1cccc(NC(=O)[C@@H](c2ccc(F)cc2)N2CCOCC2)c1. The van der Waals surface area contributed by atoms with Crippen molar-refractivity contribution in [2.75, 3.05) is 31.6 Å². The van der Waals surface area contributed by atoms with E-state index in [1.165, 1.54) is 12.1 Å². The zero-order valence-corrected chi connectivity index (χ0v) is 16.9. The molecule has 30 heavy (non-hydrogen) atoms. The van der Waals surface area contributed by atoms with Crippen LogP contribution in [0.25, 0.3) is 0 Å². The number of nitrogens with zero attached hydrogens (tertiary/aromatic N) is 3. The normalized spacial score (nSPS) is 15.7. The molecular weight excluding hydrogens is 383 g/mol. The number of imidazole rings is 1. The van der Waals surface area contributed by atoms with Gasteiger partial charge in [0.1, 0.15) is 17.7 Å². The molecule has 1 aliphatic heterocycles. The van der Waals surface area contributed by atoms with Crippen molar-refractivity contribution >= 4 is 11.6 Å². The summed E-state index contributed by atoms with van der Waals surface area (Å²) in [5.74, 6) is 0.481. The maximum atomic E-state index is 13.4. The molecule has 1 saturated heterocycles. The van der Waals surface area contributed by atoms with Gasteiger partial charge in [0.05, 0.1) is 13.2 Å². The van der Waals surface area contributed by atoms with Crippen molar-refractivity contribution in [1.82, 2.24) is 14.5 Å². The minimum atomic E-state index is -0.506. The number of rotatable bonds is 6. The van der Waals surface area contributed by atoms with Crippen LogP contribution in [0, 0.1) is 12.7 Å². The molecule has 0 aliphatic carbocycles. The lowest BCUT2D eigenvalue weighted by Gasteiger charge is -2.33. The first-order valence-corrected chi connectivity index (χ1v) is 10.0. The smallest absolute Gasteiger partial charge is 0.246 e. The van der Waals surface area contributed by atoms with E-state index in [4.69, 9.17) is 4.74 Å². The van der Waals surface area contributed by atoms with Crippen LogP contribution < -0.4 is 5.32 Å². The Kier molecular flexibility index (Phi) is 6.21. The highest BCUT2D eigenvalue weighted by atomic mass is 19.1. The summed E-state index contributed by atoms with van der Waals surface area (Å²) in [6, 6.07) is 13.4. The largest absolute Gasteiger partial charge is 0.379 e. The van der Waals surface area contributed by atoms with Crippen LogP contribution in [0.15, 0.2) is 60.9 Å². The number of morpholine rings is 1. The summed E-state index contributed by atoms with van der Waals surface area (Å²) in [4.78, 5) is 19.6. The molecular formula is C23H25FN4O2. The van der Waals surface area contributed by atoms with Crippen LogP contribution >= 0.6 is 0 Å². The zero-order valence-electron chi connectivity index (χ0n) is 16.9. The quantitative estimate of drug-likeness (QED) is 0.679. The standard InChI is InChI=1S/C23H25FN4O2/c1-17-25-9-10-28(17)16-18-3-2-4-21(15-18)26-23(29)22(27-11-13-30-14-12-27)19-5-7-20(24)8-6-19/h2-10,15,22H,11-14,16H2,1H3,(H,26,29)/t22-/m1/s1. The molecule has 0 unspecified atom stereocenters. The minimum absolute atomic E-state index is 0.139. The number of benzene rings is 2. The summed E-state index contributed by atoms with van der Waals surface area (Å²) in [6.45, 7) is 5.09. The van der Waals surface area contributed by atoms with E-state index in [1.807, 2.05) is 37.4 Å². The second kappa shape index (κ2) is 9.19. The summed E-state index contributed by atoms with van der Waals surface area (Å²) >= 11 is 0. The van der Waals surface area contributed by atoms with Gasteiger partial charge in [-0.3, -0.25) is 9.69 Å². The second-order valence-electron chi connectivity index (χ2n) is 7.39. The monoisotopic (exact) mass is 408 g/mol. The van der Waals surface area contributed by atoms with Gasteiger partial charge in [0.15, 0.2) is 0 Å². The van der Waals surface area contributed by atoms with Crippen molar-refractivity contribution in [2.45, 2.75) is 19.5 Å². The number of ether oxygens (including phenoxy) is 1. The summed E-state index contributed by atoms with van der Waals surface area (Å²) < 4.78 is 20.9. The lowest BCUT2D eigenvalue weighted by molar-refractivity contribution is -0.123. The van der Waals surface area contributed by atoms with E-state index in [0.29, 0.717) is 32.8 Å². The van der Waals surface area contributed by atoms with Gasteiger partial charge >= 0.3 is 0 Å². The van der Waals surface area contributed by atoms with Crippen LogP contribution in [0.3, 0.4) is 0 Å². The number of carbonyl (C=O) groups excluding carboxylic acids is 1. The van der Waals surface area contributed by atoms with E-state index in [-0.39, 0.29) is 11.7 Å². The van der Waals surface area contributed by atoms with Gasteiger partial charge in [0.2, 0.25) is 5.91 Å². The van der Waals surface area contributed by atoms with Gasteiger partial charge in [0, 0.05) is 37.7 Å². The maximum absolute atomic E-state index is 13.4. The molecule has 1 N–H and O–H groups in total. The number of aryl methyl sites for hydroxylation is 1. The molecule has 1 atom stereocenters. The summed E-state index contributed by atoms with van der Waals surface area (Å²) in [5.41, 5.74) is 2.57. The van der Waals surface area contributed by atoms with Crippen molar-refractivity contribution in [1.29, 1.82) is 0 Å². The number of hydrogen-bond acceptors (Lipinski definition) is 4. The Labute approximate surface area is 175 Å². The molecule has 2 aromatic carbocycles. The highest BCUT2D eigenvalue weighted by molar-refractivity contribution is 5.95. The molecule has 3 aromatic rings. The van der Waals surface area contributed by atoms with Gasteiger partial charge in [-0.25, -0.2) is 9.37 Å². The van der Waals surface area contributed by atoms with E-state index in [0.717, 1.165) is 22.6 Å². The lowest BCUT2D eigenvalue weighted by Crippen LogP contribution is -2.43. The van der Waals surface area contributed by atoms with Gasteiger partial charge in [-0.2, -0.15) is 0 Å². The summed E-state index contributed by atoms with van der Waals surface area (Å²) in [7, 11) is 0. The fraction of sp³-hybridized carbons (Fsp3) is 0.304. The van der Waals surface area contributed by atoms with E-state index in [9.17, 15) is 9.18 Å². The van der Waals surface area contributed by atoms with Crippen LogP contribution in [0.5, 0.6) is 0 Å². The molecule has 156 valence electrons. The Morgan fingerprint density at radius 1 is 1.20 bits per heavy atom. The van der Waals surface area contributed by atoms with E-state index in [1.54, 1.807) is 18.3 Å². The highest BCUT2D eigenvalue weighted by Crippen LogP contribution is 2.25. The molecule has 2 heterocycles. The van der Waals surface area contributed by atoms with Crippen molar-refractivity contribution in [3.05, 3.63) is 83.7 Å². The van der Waals surface area contributed by atoms with Crippen molar-refractivity contribution in [3.63, 3.8) is 0 Å². The number of hydrogen-bond donors (Lipinski definition) is 1. The van der Waals surface area contributed by atoms with Crippen LogP contribution in [-0.4, -0.2) is 46.7 Å². The predicted octanol–water partition coefficient (Wildman–Crippen LogP) is 3.39. The van der Waals surface area contributed by atoms with Crippen LogP contribution in [0.4, 0.5) is 10.1 Å². The van der Waals surface area contributed by atoms with Gasteiger partial charge in [-0.05, 0) is 42.3 Å². The molecule has 0 radical (unpaired) electrons. The Balaban J connectivity index is 1.54. The number of nitrogens with one attached hydrogen (secondary N) is 1.